The van der Waals surface area contributed by atoms with E-state index in [-0.39, 0.29) is 54.8 Å². The zero-order valence-electron chi connectivity index (χ0n) is 20.7. The Morgan fingerprint density at radius 1 is 1.32 bits per heavy atom. The van der Waals surface area contributed by atoms with E-state index in [1.807, 2.05) is 13.0 Å². The number of amides is 1. The molecule has 6 rings (SSSR count). The number of aromatic nitrogens is 2. The maximum Gasteiger partial charge on any atom is 0.343 e. The number of esters is 1. The van der Waals surface area contributed by atoms with Gasteiger partial charge in [0.2, 0.25) is 5.91 Å². The van der Waals surface area contributed by atoms with Gasteiger partial charge < -0.3 is 24.5 Å². The fourth-order valence-corrected chi connectivity index (χ4v) is 6.28. The molecular weight excluding hydrogens is 498 g/mol. The third-order valence-corrected chi connectivity index (χ3v) is 8.38. The molecule has 1 aromatic carbocycles. The van der Waals surface area contributed by atoms with Crippen molar-refractivity contribution in [1.82, 2.24) is 14.9 Å². The van der Waals surface area contributed by atoms with E-state index in [4.69, 9.17) is 26.1 Å². The Kier molecular flexibility index (Phi) is 5.45. The molecule has 2 N–H and O–H groups in total. The van der Waals surface area contributed by atoms with Crippen LogP contribution in [0.25, 0.3) is 22.3 Å². The quantitative estimate of drug-likeness (QED) is 0.395. The fourth-order valence-electron chi connectivity index (χ4n) is 6.07. The number of ether oxygens (including phenoxy) is 2. The van der Waals surface area contributed by atoms with Gasteiger partial charge in [0.05, 0.1) is 35.1 Å². The highest BCUT2D eigenvalue weighted by Crippen LogP contribution is 2.46. The minimum absolute atomic E-state index is 0.0601. The summed E-state index contributed by atoms with van der Waals surface area (Å²) < 4.78 is 11.8. The summed E-state index contributed by atoms with van der Waals surface area (Å²) in [5.74, 6) is -0.994. The first-order valence-corrected chi connectivity index (χ1v) is 12.7. The summed E-state index contributed by atoms with van der Waals surface area (Å²) in [6.07, 6.45) is 1.45. The average Bonchev–Trinajstić information content (AvgIpc) is 3.24. The van der Waals surface area contributed by atoms with Gasteiger partial charge in [0.15, 0.2) is 5.60 Å². The van der Waals surface area contributed by atoms with E-state index >= 15 is 0 Å². The number of hydrogen-bond acceptors (Lipinski definition) is 7. The lowest BCUT2D eigenvalue weighted by Crippen LogP contribution is -2.44. The van der Waals surface area contributed by atoms with E-state index in [1.54, 1.807) is 17.6 Å². The van der Waals surface area contributed by atoms with Gasteiger partial charge >= 0.3 is 5.97 Å². The molecule has 0 radical (unpaired) electrons. The third-order valence-electron chi connectivity index (χ3n) is 7.99. The number of methoxy groups -OCH3 is 1. The van der Waals surface area contributed by atoms with Crippen molar-refractivity contribution in [2.24, 2.45) is 0 Å². The fraction of sp³-hybridized carbons (Fsp3) is 0.407. The number of halogens is 1. The highest BCUT2D eigenvalue weighted by molar-refractivity contribution is 6.32. The van der Waals surface area contributed by atoms with Crippen LogP contribution in [0.15, 0.2) is 16.9 Å². The molecule has 2 aliphatic heterocycles. The number of cyclic esters (lactones) is 1. The van der Waals surface area contributed by atoms with Crippen LogP contribution in [0.1, 0.15) is 59.2 Å². The van der Waals surface area contributed by atoms with Gasteiger partial charge in [0.25, 0.3) is 5.56 Å². The van der Waals surface area contributed by atoms with Crippen molar-refractivity contribution >= 4 is 34.4 Å². The SMILES string of the molecule is CC[C@@]1(O)C(=O)OCc2c1cc1n(c2=O)Cc2c-1nc1cc(Cl)c(C)c3c1c2[C@@H](NC(=O)COC)CC3. The summed E-state index contributed by atoms with van der Waals surface area (Å²) in [6.45, 7) is 3.65. The van der Waals surface area contributed by atoms with Crippen LogP contribution < -0.4 is 10.9 Å². The molecule has 1 aliphatic carbocycles. The lowest BCUT2D eigenvalue weighted by atomic mass is 9.81. The minimum atomic E-state index is -1.90. The number of aliphatic hydroxyl groups is 1. The predicted octanol–water partition coefficient (Wildman–Crippen LogP) is 2.79. The predicted molar refractivity (Wildman–Crippen MR) is 135 cm³/mol. The second kappa shape index (κ2) is 8.37. The monoisotopic (exact) mass is 523 g/mol. The second-order valence-corrected chi connectivity index (χ2v) is 10.3. The Balaban J connectivity index is 1.63. The molecule has 0 saturated carbocycles. The van der Waals surface area contributed by atoms with E-state index in [9.17, 15) is 19.5 Å². The first-order chi connectivity index (χ1) is 17.7. The average molecular weight is 524 g/mol. The summed E-state index contributed by atoms with van der Waals surface area (Å²) in [4.78, 5) is 43.6. The molecule has 1 amide bonds. The Morgan fingerprint density at radius 3 is 2.84 bits per heavy atom. The normalized spacial score (nSPS) is 21.3. The van der Waals surface area contributed by atoms with Crippen molar-refractivity contribution in [3.05, 3.63) is 60.9 Å². The molecule has 0 spiro atoms. The summed E-state index contributed by atoms with van der Waals surface area (Å²) in [5.41, 5.74) is 3.90. The van der Waals surface area contributed by atoms with Crippen molar-refractivity contribution in [3.63, 3.8) is 0 Å². The first-order valence-electron chi connectivity index (χ1n) is 12.3. The summed E-state index contributed by atoms with van der Waals surface area (Å²) in [6, 6.07) is 3.21. The van der Waals surface area contributed by atoms with Crippen LogP contribution in [0.5, 0.6) is 0 Å². The molecule has 0 unspecified atom stereocenters. The standard InChI is InChI=1S/C27H26ClN3O6/c1-4-27(35)16-7-20-24-14(9-31(20)25(33)15(16)10-37-26(27)34)23-18(29-21(32)11-36-3)6-5-13-12(2)17(28)8-19(30-24)22(13)23/h7-8,18,35H,4-6,9-11H2,1-3H3,(H,29,32)/t18-,27-/m0/s1. The van der Waals surface area contributed by atoms with Crippen LogP contribution in [-0.2, 0) is 44.2 Å². The number of hydrogen-bond donors (Lipinski definition) is 2. The van der Waals surface area contributed by atoms with Gasteiger partial charge in [0, 0.05) is 28.6 Å². The highest BCUT2D eigenvalue weighted by Gasteiger charge is 2.46. The first kappa shape index (κ1) is 24.1. The topological polar surface area (TPSA) is 120 Å². The summed E-state index contributed by atoms with van der Waals surface area (Å²) in [5, 5.41) is 15.8. The lowest BCUT2D eigenvalue weighted by molar-refractivity contribution is -0.172. The molecule has 0 saturated heterocycles. The summed E-state index contributed by atoms with van der Waals surface area (Å²) in [7, 11) is 1.47. The van der Waals surface area contributed by atoms with E-state index < -0.39 is 11.6 Å². The highest BCUT2D eigenvalue weighted by atomic mass is 35.5. The van der Waals surface area contributed by atoms with Crippen LogP contribution in [0.3, 0.4) is 0 Å². The van der Waals surface area contributed by atoms with Gasteiger partial charge in [-0.3, -0.25) is 9.59 Å². The number of nitrogens with one attached hydrogen (secondary N) is 1. The Hall–Kier alpha value is -3.27. The molecule has 0 bridgehead atoms. The number of carbonyl (C=O) groups excluding carboxylic acids is 2. The number of nitrogens with zero attached hydrogens (tertiary/aromatic N) is 2. The number of benzene rings is 1. The maximum absolute atomic E-state index is 13.6. The van der Waals surface area contributed by atoms with E-state index in [0.717, 1.165) is 34.1 Å². The number of aryl methyl sites for hydroxylation is 1. The lowest BCUT2D eigenvalue weighted by Gasteiger charge is -2.31. The van der Waals surface area contributed by atoms with Gasteiger partial charge in [-0.25, -0.2) is 9.78 Å². The Labute approximate surface area is 217 Å². The van der Waals surface area contributed by atoms with Crippen molar-refractivity contribution in [2.45, 2.75) is 57.9 Å². The number of fused-ring (bicyclic) bond motifs is 5. The van der Waals surface area contributed by atoms with Crippen LogP contribution in [0, 0.1) is 6.92 Å². The van der Waals surface area contributed by atoms with Crippen molar-refractivity contribution in [3.8, 4) is 11.4 Å². The Morgan fingerprint density at radius 2 is 2.11 bits per heavy atom. The van der Waals surface area contributed by atoms with Crippen LogP contribution in [-0.4, -0.2) is 40.3 Å². The molecule has 3 aromatic rings. The molecule has 0 fully saturated rings. The van der Waals surface area contributed by atoms with Gasteiger partial charge in [-0.2, -0.15) is 0 Å². The Bertz CT molecular complexity index is 1600. The molecule has 192 valence electrons. The van der Waals surface area contributed by atoms with Crippen LogP contribution in [0.2, 0.25) is 5.02 Å². The molecule has 3 aliphatic rings. The second-order valence-electron chi connectivity index (χ2n) is 9.90. The summed E-state index contributed by atoms with van der Waals surface area (Å²) >= 11 is 6.59. The number of pyridine rings is 2. The van der Waals surface area contributed by atoms with Crippen molar-refractivity contribution in [2.75, 3.05) is 13.7 Å². The third kappa shape index (κ3) is 3.30. The molecule has 2 aromatic heterocycles. The molecule has 37 heavy (non-hydrogen) atoms. The minimum Gasteiger partial charge on any atom is -0.458 e. The van der Waals surface area contributed by atoms with Gasteiger partial charge in [-0.15, -0.1) is 0 Å². The number of carbonyl (C=O) groups is 2. The molecule has 10 heteroatoms. The zero-order valence-corrected chi connectivity index (χ0v) is 21.5. The van der Waals surface area contributed by atoms with Gasteiger partial charge in [-0.05, 0) is 55.0 Å². The zero-order chi connectivity index (χ0) is 26.2. The van der Waals surface area contributed by atoms with E-state index in [2.05, 4.69) is 5.32 Å². The molecule has 4 heterocycles. The van der Waals surface area contributed by atoms with Gasteiger partial charge in [-0.1, -0.05) is 18.5 Å². The van der Waals surface area contributed by atoms with Crippen LogP contribution in [0.4, 0.5) is 0 Å². The van der Waals surface area contributed by atoms with Crippen molar-refractivity contribution in [1.29, 1.82) is 0 Å². The van der Waals surface area contributed by atoms with E-state index in [0.29, 0.717) is 28.3 Å². The van der Waals surface area contributed by atoms with Crippen LogP contribution >= 0.6 is 11.6 Å². The molecule has 2 atom stereocenters. The molecular formula is C27H26ClN3O6. The number of rotatable bonds is 4. The maximum atomic E-state index is 13.6. The van der Waals surface area contributed by atoms with Gasteiger partial charge in [0.1, 0.15) is 13.2 Å². The molecule has 9 nitrogen and oxygen atoms in total. The largest absolute Gasteiger partial charge is 0.458 e. The van der Waals surface area contributed by atoms with Crippen molar-refractivity contribution < 1.29 is 24.2 Å². The smallest absolute Gasteiger partial charge is 0.343 e. The van der Waals surface area contributed by atoms with E-state index in [1.165, 1.54) is 7.11 Å².